The van der Waals surface area contributed by atoms with Gasteiger partial charge in [0.15, 0.2) is 0 Å². The highest BCUT2D eigenvalue weighted by molar-refractivity contribution is 5.86. The molecule has 80 valence electrons. The van der Waals surface area contributed by atoms with Crippen molar-refractivity contribution in [3.63, 3.8) is 0 Å². The summed E-state index contributed by atoms with van der Waals surface area (Å²) in [5.41, 5.74) is 0.291. The first kappa shape index (κ1) is 11.2. The molecule has 0 aromatic rings. The van der Waals surface area contributed by atoms with Gasteiger partial charge in [0.05, 0.1) is 0 Å². The second-order valence-electron chi connectivity index (χ2n) is 4.38. The van der Waals surface area contributed by atoms with E-state index in [0.717, 1.165) is 12.5 Å². The summed E-state index contributed by atoms with van der Waals surface area (Å²) in [4.78, 5) is 12.8. The molecule has 0 saturated heterocycles. The van der Waals surface area contributed by atoms with Gasteiger partial charge in [0.1, 0.15) is 0 Å². The lowest BCUT2D eigenvalue weighted by Crippen LogP contribution is -2.35. The van der Waals surface area contributed by atoms with E-state index in [-0.39, 0.29) is 0 Å². The van der Waals surface area contributed by atoms with Crippen LogP contribution in [0.4, 0.5) is 0 Å². The molecule has 1 aliphatic rings. The zero-order chi connectivity index (χ0) is 10.7. The van der Waals surface area contributed by atoms with Crippen molar-refractivity contribution in [2.45, 2.75) is 32.7 Å². The van der Waals surface area contributed by atoms with Crippen LogP contribution < -0.4 is 0 Å². The summed E-state index contributed by atoms with van der Waals surface area (Å²) in [6.07, 6.45) is 2.59. The highest BCUT2D eigenvalue weighted by Crippen LogP contribution is 2.30. The van der Waals surface area contributed by atoms with Gasteiger partial charge < -0.3 is 5.11 Å². The number of hydrogen-bond acceptors (Lipinski definition) is 2. The van der Waals surface area contributed by atoms with Gasteiger partial charge in [-0.2, -0.15) is 0 Å². The van der Waals surface area contributed by atoms with Gasteiger partial charge in [-0.05, 0) is 32.6 Å². The zero-order valence-electron chi connectivity index (χ0n) is 8.99. The Hall–Kier alpha value is -0.830. The summed E-state index contributed by atoms with van der Waals surface area (Å²) in [7, 11) is 0. The summed E-state index contributed by atoms with van der Waals surface area (Å²) in [6.45, 7) is 9.26. The summed E-state index contributed by atoms with van der Waals surface area (Å²) in [6, 6.07) is 0.395. The Bertz CT molecular complexity index is 231. The Morgan fingerprint density at radius 2 is 2.14 bits per heavy atom. The number of aliphatic carboxylic acids is 1. The highest BCUT2D eigenvalue weighted by atomic mass is 16.4. The van der Waals surface area contributed by atoms with Crippen molar-refractivity contribution < 1.29 is 9.90 Å². The van der Waals surface area contributed by atoms with E-state index in [9.17, 15) is 4.79 Å². The maximum absolute atomic E-state index is 10.6. The van der Waals surface area contributed by atoms with Crippen LogP contribution in [0.5, 0.6) is 0 Å². The van der Waals surface area contributed by atoms with E-state index in [1.807, 2.05) is 0 Å². The minimum absolute atomic E-state index is 0.291. The van der Waals surface area contributed by atoms with E-state index in [0.29, 0.717) is 18.2 Å². The van der Waals surface area contributed by atoms with E-state index in [2.05, 4.69) is 25.3 Å². The second-order valence-corrected chi connectivity index (χ2v) is 4.38. The number of hydrogen-bond donors (Lipinski definition) is 1. The molecule has 14 heavy (non-hydrogen) atoms. The first-order valence-corrected chi connectivity index (χ1v) is 5.15. The molecule has 0 amide bonds. The third kappa shape index (κ3) is 3.50. The Morgan fingerprint density at radius 1 is 1.57 bits per heavy atom. The fourth-order valence-corrected chi connectivity index (χ4v) is 1.40. The average molecular weight is 197 g/mol. The Morgan fingerprint density at radius 3 is 2.50 bits per heavy atom. The standard InChI is InChI=1S/C11H19NO2/c1-8(2)12(7-10-4-5-10)6-9(3)11(13)14/h8,10H,3-7H2,1-2H3,(H,13,14). The highest BCUT2D eigenvalue weighted by Gasteiger charge is 2.26. The summed E-state index contributed by atoms with van der Waals surface area (Å²) in [5, 5.41) is 8.74. The fraction of sp³-hybridized carbons (Fsp3) is 0.727. The minimum Gasteiger partial charge on any atom is -0.478 e. The summed E-state index contributed by atoms with van der Waals surface area (Å²) in [5.74, 6) is -0.0922. The molecule has 0 atom stereocenters. The van der Waals surface area contributed by atoms with Crippen molar-refractivity contribution in [3.05, 3.63) is 12.2 Å². The van der Waals surface area contributed by atoms with Crippen molar-refractivity contribution in [1.82, 2.24) is 4.90 Å². The molecular formula is C11H19NO2. The molecule has 0 aromatic heterocycles. The third-order valence-electron chi connectivity index (χ3n) is 2.62. The van der Waals surface area contributed by atoms with Crippen molar-refractivity contribution in [1.29, 1.82) is 0 Å². The van der Waals surface area contributed by atoms with Crippen molar-refractivity contribution in [2.24, 2.45) is 5.92 Å². The average Bonchev–Trinajstić information content (AvgIpc) is 2.86. The maximum atomic E-state index is 10.6. The lowest BCUT2D eigenvalue weighted by molar-refractivity contribution is -0.132. The van der Waals surface area contributed by atoms with E-state index in [4.69, 9.17) is 5.11 Å². The van der Waals surface area contributed by atoms with Crippen LogP contribution in [0.1, 0.15) is 26.7 Å². The molecule has 1 aliphatic carbocycles. The molecule has 3 nitrogen and oxygen atoms in total. The normalized spacial score (nSPS) is 16.3. The number of rotatable bonds is 6. The molecule has 1 rings (SSSR count). The molecule has 0 spiro atoms. The van der Waals surface area contributed by atoms with Crippen LogP contribution >= 0.6 is 0 Å². The van der Waals surface area contributed by atoms with Crippen LogP contribution in [-0.2, 0) is 4.79 Å². The lowest BCUT2D eigenvalue weighted by Gasteiger charge is -2.26. The monoisotopic (exact) mass is 197 g/mol. The molecular weight excluding hydrogens is 178 g/mol. The molecule has 0 heterocycles. The molecule has 3 heteroatoms. The molecule has 0 aliphatic heterocycles. The maximum Gasteiger partial charge on any atom is 0.332 e. The fourth-order valence-electron chi connectivity index (χ4n) is 1.40. The zero-order valence-corrected chi connectivity index (χ0v) is 8.99. The number of carboxylic acids is 1. The molecule has 1 N–H and O–H groups in total. The molecule has 0 bridgehead atoms. The van der Waals surface area contributed by atoms with Crippen molar-refractivity contribution in [2.75, 3.05) is 13.1 Å². The summed E-state index contributed by atoms with van der Waals surface area (Å²) < 4.78 is 0. The minimum atomic E-state index is -0.883. The molecule has 1 fully saturated rings. The van der Waals surface area contributed by atoms with Gasteiger partial charge in [-0.15, -0.1) is 0 Å². The van der Waals surface area contributed by atoms with Crippen molar-refractivity contribution >= 4 is 5.97 Å². The second kappa shape index (κ2) is 4.60. The van der Waals surface area contributed by atoms with Crippen LogP contribution in [0.2, 0.25) is 0 Å². The predicted molar refractivity (Wildman–Crippen MR) is 56.2 cm³/mol. The summed E-state index contributed by atoms with van der Waals surface area (Å²) >= 11 is 0. The smallest absolute Gasteiger partial charge is 0.332 e. The van der Waals surface area contributed by atoms with Crippen molar-refractivity contribution in [3.8, 4) is 0 Å². The molecule has 0 aromatic carbocycles. The van der Waals surface area contributed by atoms with E-state index < -0.39 is 5.97 Å². The third-order valence-corrected chi connectivity index (χ3v) is 2.62. The largest absolute Gasteiger partial charge is 0.478 e. The van der Waals surface area contributed by atoms with Gasteiger partial charge in [-0.1, -0.05) is 6.58 Å². The Kier molecular flexibility index (Phi) is 3.69. The topological polar surface area (TPSA) is 40.5 Å². The van der Waals surface area contributed by atoms with Gasteiger partial charge in [-0.3, -0.25) is 4.90 Å². The van der Waals surface area contributed by atoms with Gasteiger partial charge in [0, 0.05) is 24.7 Å². The Balaban J connectivity index is 2.41. The van der Waals surface area contributed by atoms with Crippen LogP contribution in [0.3, 0.4) is 0 Å². The Labute approximate surface area is 85.4 Å². The van der Waals surface area contributed by atoms with Gasteiger partial charge in [0.25, 0.3) is 0 Å². The first-order valence-electron chi connectivity index (χ1n) is 5.15. The van der Waals surface area contributed by atoms with Gasteiger partial charge in [-0.25, -0.2) is 4.79 Å². The number of carboxylic acid groups (broad SMARTS) is 1. The van der Waals surface area contributed by atoms with Crippen LogP contribution in [0.25, 0.3) is 0 Å². The first-order chi connectivity index (χ1) is 6.50. The lowest BCUT2D eigenvalue weighted by atomic mass is 10.2. The SMILES string of the molecule is C=C(CN(CC1CC1)C(C)C)C(=O)O. The molecule has 0 unspecified atom stereocenters. The van der Waals surface area contributed by atoms with Crippen LogP contribution in [0.15, 0.2) is 12.2 Å². The van der Waals surface area contributed by atoms with Crippen LogP contribution in [-0.4, -0.2) is 35.1 Å². The van der Waals surface area contributed by atoms with E-state index in [1.54, 1.807) is 0 Å². The quantitative estimate of drug-likeness (QED) is 0.659. The molecule has 1 saturated carbocycles. The van der Waals surface area contributed by atoms with Gasteiger partial charge in [0.2, 0.25) is 0 Å². The van der Waals surface area contributed by atoms with Gasteiger partial charge >= 0.3 is 5.97 Å². The van der Waals surface area contributed by atoms with E-state index in [1.165, 1.54) is 12.8 Å². The number of nitrogens with zero attached hydrogens (tertiary/aromatic N) is 1. The molecule has 0 radical (unpaired) electrons. The number of carbonyl (C=O) groups is 1. The van der Waals surface area contributed by atoms with Crippen LogP contribution in [0, 0.1) is 5.92 Å². The predicted octanol–water partition coefficient (Wildman–Crippen LogP) is 1.75. The van der Waals surface area contributed by atoms with E-state index >= 15 is 0 Å².